The molecule has 0 heterocycles. The van der Waals surface area contributed by atoms with Crippen LogP contribution in [0.3, 0.4) is 0 Å². The number of halogens is 3. The Bertz CT molecular complexity index is 98.8. The Kier molecular flexibility index (Phi) is 2.35. The summed E-state index contributed by atoms with van der Waals surface area (Å²) >= 11 is 0. The molecule has 0 aromatic rings. The highest BCUT2D eigenvalue weighted by Crippen LogP contribution is 2.14. The molecule has 0 fully saturated rings. The van der Waals surface area contributed by atoms with Gasteiger partial charge in [0.15, 0.2) is 0 Å². The molecule has 0 aliphatic carbocycles. The van der Waals surface area contributed by atoms with E-state index in [0.29, 0.717) is 0 Å². The molecule has 46 valence electrons. The van der Waals surface area contributed by atoms with E-state index in [2.05, 4.69) is 11.2 Å². The zero-order valence-electron chi connectivity index (χ0n) is 3.83. The van der Waals surface area contributed by atoms with Gasteiger partial charge in [-0.1, -0.05) is 5.92 Å². The third-order valence-corrected chi connectivity index (χ3v) is 0.319. The van der Waals surface area contributed by atoms with Gasteiger partial charge >= 0.3 is 6.36 Å². The number of ether oxygens (including phenoxy) is 1. The van der Waals surface area contributed by atoms with Gasteiger partial charge in [0.2, 0.25) is 0 Å². The van der Waals surface area contributed by atoms with Gasteiger partial charge in [0.05, 0.1) is 0 Å². The second-order valence-electron chi connectivity index (χ2n) is 0.939. The molecule has 0 N–H and O–H groups in total. The summed E-state index contributed by atoms with van der Waals surface area (Å²) in [5.41, 5.74) is 0. The van der Waals surface area contributed by atoms with Crippen LogP contribution in [0.15, 0.2) is 0 Å². The maximum absolute atomic E-state index is 10.9. The van der Waals surface area contributed by atoms with Gasteiger partial charge < -0.3 is 0 Å². The average Bonchev–Trinajstić information content (AvgIpc) is 1.59. The number of hydrogen-bond donors (Lipinski definition) is 0. The number of rotatable bonds is 1. The molecule has 0 unspecified atom stereocenters. The van der Waals surface area contributed by atoms with Crippen molar-refractivity contribution in [3.05, 3.63) is 0 Å². The van der Waals surface area contributed by atoms with E-state index < -0.39 is 13.0 Å². The van der Waals surface area contributed by atoms with E-state index in [1.54, 1.807) is 5.92 Å². The molecule has 0 saturated heterocycles. The molecule has 0 aromatic heterocycles. The Morgan fingerprint density at radius 1 is 1.50 bits per heavy atom. The van der Waals surface area contributed by atoms with E-state index in [4.69, 9.17) is 0 Å². The van der Waals surface area contributed by atoms with Crippen LogP contribution in [-0.2, 0) is 4.74 Å². The van der Waals surface area contributed by atoms with Gasteiger partial charge in [0.1, 0.15) is 6.61 Å². The lowest BCUT2D eigenvalue weighted by molar-refractivity contribution is -0.318. The number of terminal acetylenes is 1. The average molecular weight is 124 g/mol. The molecule has 0 aromatic carbocycles. The first-order valence-electron chi connectivity index (χ1n) is 1.70. The largest absolute Gasteiger partial charge is 0.523 e. The van der Waals surface area contributed by atoms with Crippen LogP contribution >= 0.6 is 0 Å². The van der Waals surface area contributed by atoms with Gasteiger partial charge in [-0.3, -0.25) is 4.74 Å². The summed E-state index contributed by atoms with van der Waals surface area (Å²) in [5.74, 6) is 1.68. The number of hydrogen-bond acceptors (Lipinski definition) is 1. The molecule has 1 nitrogen and oxygen atoms in total. The highest BCUT2D eigenvalue weighted by atomic mass is 19.4. The van der Waals surface area contributed by atoms with Gasteiger partial charge in [0, 0.05) is 0 Å². The molecule has 0 radical (unpaired) electrons. The fourth-order valence-corrected chi connectivity index (χ4v) is 0.123. The van der Waals surface area contributed by atoms with Crippen molar-refractivity contribution in [2.75, 3.05) is 6.61 Å². The van der Waals surface area contributed by atoms with Crippen molar-refractivity contribution < 1.29 is 17.9 Å². The molecule has 0 rings (SSSR count). The topological polar surface area (TPSA) is 9.23 Å². The summed E-state index contributed by atoms with van der Waals surface area (Å²) in [6.07, 6.45) is -0.130. The lowest BCUT2D eigenvalue weighted by atomic mass is 10.8. The molecule has 0 saturated carbocycles. The molecular weight excluding hydrogens is 121 g/mol. The summed E-state index contributed by atoms with van der Waals surface area (Å²) in [6, 6.07) is 0. The SMILES string of the molecule is C#CCOC(F)(F)F. The smallest absolute Gasteiger partial charge is 0.279 e. The summed E-state index contributed by atoms with van der Waals surface area (Å²) in [7, 11) is 0. The van der Waals surface area contributed by atoms with Crippen LogP contribution in [0.1, 0.15) is 0 Å². The summed E-state index contributed by atoms with van der Waals surface area (Å²) in [4.78, 5) is 0. The Morgan fingerprint density at radius 3 is 2.12 bits per heavy atom. The van der Waals surface area contributed by atoms with Crippen molar-refractivity contribution in [2.45, 2.75) is 6.36 Å². The van der Waals surface area contributed by atoms with Crippen molar-refractivity contribution in [3.8, 4) is 12.3 Å². The predicted molar refractivity (Wildman–Crippen MR) is 20.8 cm³/mol. The molecule has 0 aliphatic rings. The number of alkyl halides is 3. The molecule has 0 amide bonds. The van der Waals surface area contributed by atoms with E-state index in [0.717, 1.165) is 0 Å². The minimum atomic E-state index is -4.59. The zero-order chi connectivity index (χ0) is 6.62. The first-order valence-corrected chi connectivity index (χ1v) is 1.70. The maximum atomic E-state index is 10.9. The van der Waals surface area contributed by atoms with Crippen molar-refractivity contribution in [1.82, 2.24) is 0 Å². The minimum Gasteiger partial charge on any atom is -0.279 e. The Balaban J connectivity index is 3.28. The predicted octanol–water partition coefficient (Wildman–Crippen LogP) is 1.16. The van der Waals surface area contributed by atoms with Crippen LogP contribution in [0, 0.1) is 12.3 Å². The molecular formula is C4H3F3O. The normalized spacial score (nSPS) is 10.8. The Labute approximate surface area is 44.4 Å². The second-order valence-corrected chi connectivity index (χ2v) is 0.939. The lowest BCUT2D eigenvalue weighted by Gasteiger charge is -2.01. The fraction of sp³-hybridized carbons (Fsp3) is 0.500. The van der Waals surface area contributed by atoms with Crippen molar-refractivity contribution >= 4 is 0 Å². The van der Waals surface area contributed by atoms with E-state index >= 15 is 0 Å². The maximum Gasteiger partial charge on any atom is 0.523 e. The van der Waals surface area contributed by atoms with E-state index in [1.807, 2.05) is 0 Å². The fourth-order valence-electron chi connectivity index (χ4n) is 0.123. The van der Waals surface area contributed by atoms with Crippen LogP contribution in [0.5, 0.6) is 0 Å². The quantitative estimate of drug-likeness (QED) is 0.476. The van der Waals surface area contributed by atoms with Gasteiger partial charge in [-0.05, 0) is 0 Å². The molecule has 0 atom stereocenters. The zero-order valence-corrected chi connectivity index (χ0v) is 3.83. The minimum absolute atomic E-state index is 0.719. The van der Waals surface area contributed by atoms with E-state index in [9.17, 15) is 13.2 Å². The Hall–Kier alpha value is -0.690. The summed E-state index contributed by atoms with van der Waals surface area (Å²) < 4.78 is 35.9. The van der Waals surface area contributed by atoms with Crippen LogP contribution in [0.2, 0.25) is 0 Å². The van der Waals surface area contributed by atoms with Crippen molar-refractivity contribution in [2.24, 2.45) is 0 Å². The van der Waals surface area contributed by atoms with Crippen molar-refractivity contribution in [1.29, 1.82) is 0 Å². The second kappa shape index (κ2) is 2.58. The summed E-state index contributed by atoms with van der Waals surface area (Å²) in [6.45, 7) is -0.719. The van der Waals surface area contributed by atoms with E-state index in [-0.39, 0.29) is 0 Å². The Morgan fingerprint density at radius 2 is 2.00 bits per heavy atom. The molecule has 0 aliphatic heterocycles. The van der Waals surface area contributed by atoms with Crippen LogP contribution in [0.4, 0.5) is 13.2 Å². The third-order valence-electron chi connectivity index (χ3n) is 0.319. The third kappa shape index (κ3) is 5.31. The van der Waals surface area contributed by atoms with Crippen molar-refractivity contribution in [3.63, 3.8) is 0 Å². The lowest BCUT2D eigenvalue weighted by Crippen LogP contribution is -2.12. The van der Waals surface area contributed by atoms with Crippen LogP contribution in [-0.4, -0.2) is 13.0 Å². The standard InChI is InChI=1S/C4H3F3O/c1-2-3-8-4(5,6)7/h1H,3H2. The summed E-state index contributed by atoms with van der Waals surface area (Å²) in [5, 5.41) is 0. The molecule has 0 bridgehead atoms. The van der Waals surface area contributed by atoms with E-state index in [1.165, 1.54) is 0 Å². The van der Waals surface area contributed by atoms with Crippen LogP contribution in [0.25, 0.3) is 0 Å². The molecule has 0 spiro atoms. The molecule has 8 heavy (non-hydrogen) atoms. The monoisotopic (exact) mass is 124 g/mol. The first-order chi connectivity index (χ1) is 3.56. The van der Waals surface area contributed by atoms with Gasteiger partial charge in [-0.15, -0.1) is 19.6 Å². The highest BCUT2D eigenvalue weighted by molar-refractivity contribution is 4.82. The van der Waals surface area contributed by atoms with Gasteiger partial charge in [-0.2, -0.15) is 0 Å². The van der Waals surface area contributed by atoms with Gasteiger partial charge in [-0.25, -0.2) is 0 Å². The van der Waals surface area contributed by atoms with Crippen LogP contribution < -0.4 is 0 Å². The molecule has 4 heteroatoms. The van der Waals surface area contributed by atoms with Gasteiger partial charge in [0.25, 0.3) is 0 Å². The first kappa shape index (κ1) is 7.31. The highest BCUT2D eigenvalue weighted by Gasteiger charge is 2.28.